The van der Waals surface area contributed by atoms with Gasteiger partial charge >= 0.3 is 5.97 Å². The van der Waals surface area contributed by atoms with E-state index in [0.29, 0.717) is 6.61 Å². The van der Waals surface area contributed by atoms with Crippen LogP contribution in [0.15, 0.2) is 0 Å². The molecule has 0 aromatic rings. The van der Waals surface area contributed by atoms with Crippen LogP contribution in [0.2, 0.25) is 0 Å². The predicted octanol–water partition coefficient (Wildman–Crippen LogP) is 1.67. The van der Waals surface area contributed by atoms with Crippen LogP contribution in [0, 0.1) is 5.41 Å². The zero-order valence-electron chi connectivity index (χ0n) is 6.85. The van der Waals surface area contributed by atoms with Gasteiger partial charge in [0.05, 0.1) is 6.61 Å². The van der Waals surface area contributed by atoms with E-state index in [2.05, 4.69) is 4.74 Å². The minimum Gasteiger partial charge on any atom is -0.461 e. The molecule has 0 radical (unpaired) electrons. The number of esters is 1. The lowest BCUT2D eigenvalue weighted by molar-refractivity contribution is -0.134. The normalized spacial score (nSPS) is 9.27. The van der Waals surface area contributed by atoms with E-state index in [4.69, 9.17) is 5.41 Å². The second kappa shape index (κ2) is 6.22. The van der Waals surface area contributed by atoms with Crippen molar-refractivity contribution >= 4 is 22.8 Å². The highest BCUT2D eigenvalue weighted by Gasteiger charge is 2.08. The van der Waals surface area contributed by atoms with Crippen LogP contribution in [0.3, 0.4) is 0 Å². The molecule has 0 heterocycles. The molecule has 0 fully saturated rings. The first kappa shape index (κ1) is 10.5. The van der Waals surface area contributed by atoms with Gasteiger partial charge in [0, 0.05) is 0 Å². The van der Waals surface area contributed by atoms with Crippen molar-refractivity contribution in [2.45, 2.75) is 20.3 Å². The molecule has 0 aliphatic heterocycles. The van der Waals surface area contributed by atoms with Crippen molar-refractivity contribution in [3.8, 4) is 0 Å². The number of hydrogen-bond acceptors (Lipinski definition) is 4. The Hall–Kier alpha value is -0.510. The summed E-state index contributed by atoms with van der Waals surface area (Å²) < 4.78 is 4.62. The van der Waals surface area contributed by atoms with Gasteiger partial charge in [-0.05, 0) is 19.1 Å². The molecule has 1 N–H and O–H groups in total. The first-order valence-corrected chi connectivity index (χ1v) is 4.59. The van der Waals surface area contributed by atoms with Gasteiger partial charge in [-0.2, -0.15) is 0 Å². The van der Waals surface area contributed by atoms with Crippen molar-refractivity contribution in [3.63, 3.8) is 0 Å². The zero-order valence-corrected chi connectivity index (χ0v) is 7.66. The van der Waals surface area contributed by atoms with E-state index in [-0.39, 0.29) is 5.04 Å². The maximum atomic E-state index is 10.8. The number of carbonyl (C=O) groups excluding carboxylic acids is 1. The molecule has 0 aliphatic carbocycles. The summed E-state index contributed by atoms with van der Waals surface area (Å²) in [6, 6.07) is 0. The Bertz CT molecular complexity index is 147. The number of carbonyl (C=O) groups is 1. The molecule has 4 heteroatoms. The van der Waals surface area contributed by atoms with Crippen molar-refractivity contribution < 1.29 is 9.53 Å². The molecular weight excluding hydrogens is 162 g/mol. The Kier molecular flexibility index (Phi) is 5.93. The summed E-state index contributed by atoms with van der Waals surface area (Å²) in [7, 11) is 0. The Labute approximate surface area is 71.0 Å². The van der Waals surface area contributed by atoms with Crippen molar-refractivity contribution in [2.24, 2.45) is 0 Å². The molecule has 11 heavy (non-hydrogen) atoms. The Morgan fingerprint density at radius 1 is 1.55 bits per heavy atom. The third-order valence-corrected chi connectivity index (χ3v) is 1.98. The van der Waals surface area contributed by atoms with Crippen LogP contribution in [-0.2, 0) is 9.53 Å². The Balaban J connectivity index is 3.56. The van der Waals surface area contributed by atoms with Crippen LogP contribution in [0.4, 0.5) is 0 Å². The summed E-state index contributed by atoms with van der Waals surface area (Å²) in [5.74, 6) is 0.295. The van der Waals surface area contributed by atoms with Crippen LogP contribution in [0.25, 0.3) is 0 Å². The van der Waals surface area contributed by atoms with Gasteiger partial charge in [0.15, 0.2) is 5.04 Å². The molecule has 0 rings (SSSR count). The number of thioether (sulfide) groups is 1. The van der Waals surface area contributed by atoms with Crippen molar-refractivity contribution in [1.82, 2.24) is 0 Å². The SMILES string of the molecule is CCCSC(=N)C(=O)OCC. The van der Waals surface area contributed by atoms with Gasteiger partial charge in [-0.25, -0.2) is 4.79 Å². The van der Waals surface area contributed by atoms with Gasteiger partial charge in [-0.1, -0.05) is 18.7 Å². The fourth-order valence-electron chi connectivity index (χ4n) is 0.460. The van der Waals surface area contributed by atoms with E-state index in [0.717, 1.165) is 12.2 Å². The molecule has 0 amide bonds. The van der Waals surface area contributed by atoms with Crippen LogP contribution in [-0.4, -0.2) is 23.4 Å². The molecule has 0 spiro atoms. The highest BCUT2D eigenvalue weighted by molar-refractivity contribution is 8.15. The summed E-state index contributed by atoms with van der Waals surface area (Å²) in [6.07, 6.45) is 0.965. The van der Waals surface area contributed by atoms with Crippen LogP contribution >= 0.6 is 11.8 Å². The Morgan fingerprint density at radius 3 is 2.64 bits per heavy atom. The maximum absolute atomic E-state index is 10.8. The lowest BCUT2D eigenvalue weighted by Gasteiger charge is -2.00. The molecule has 0 aromatic heterocycles. The Morgan fingerprint density at radius 2 is 2.18 bits per heavy atom. The zero-order chi connectivity index (χ0) is 8.69. The van der Waals surface area contributed by atoms with Gasteiger partial charge in [-0.3, -0.25) is 5.41 Å². The van der Waals surface area contributed by atoms with E-state index in [1.54, 1.807) is 6.92 Å². The average molecular weight is 175 g/mol. The fourth-order valence-corrected chi connectivity index (χ4v) is 1.04. The third kappa shape index (κ3) is 4.84. The maximum Gasteiger partial charge on any atom is 0.362 e. The largest absolute Gasteiger partial charge is 0.461 e. The molecule has 0 aromatic carbocycles. The topological polar surface area (TPSA) is 50.2 Å². The molecule has 0 bridgehead atoms. The van der Waals surface area contributed by atoms with E-state index in [1.807, 2.05) is 6.92 Å². The van der Waals surface area contributed by atoms with Crippen LogP contribution < -0.4 is 0 Å². The van der Waals surface area contributed by atoms with E-state index >= 15 is 0 Å². The third-order valence-electron chi connectivity index (χ3n) is 0.911. The standard InChI is InChI=1S/C7H13NO2S/c1-3-5-11-6(8)7(9)10-4-2/h8H,3-5H2,1-2H3. The van der Waals surface area contributed by atoms with Crippen molar-refractivity contribution in [1.29, 1.82) is 5.41 Å². The second-order valence-electron chi connectivity index (χ2n) is 1.90. The number of ether oxygens (including phenoxy) is 1. The summed E-state index contributed by atoms with van der Waals surface area (Å²) in [6.45, 7) is 4.08. The number of hydrogen-bond donors (Lipinski definition) is 1. The van der Waals surface area contributed by atoms with Gasteiger partial charge in [-0.15, -0.1) is 0 Å². The number of rotatable bonds is 3. The minimum absolute atomic E-state index is 0.00806. The minimum atomic E-state index is -0.508. The quantitative estimate of drug-likeness (QED) is 0.403. The average Bonchev–Trinajstić information content (AvgIpc) is 2.00. The monoisotopic (exact) mass is 175 g/mol. The van der Waals surface area contributed by atoms with Crippen LogP contribution in [0.5, 0.6) is 0 Å². The predicted molar refractivity (Wildman–Crippen MR) is 47.1 cm³/mol. The van der Waals surface area contributed by atoms with Crippen molar-refractivity contribution in [3.05, 3.63) is 0 Å². The van der Waals surface area contributed by atoms with Gasteiger partial charge in [0.1, 0.15) is 0 Å². The summed E-state index contributed by atoms with van der Waals surface area (Å²) in [4.78, 5) is 10.8. The van der Waals surface area contributed by atoms with E-state index in [9.17, 15) is 4.79 Å². The number of nitrogens with one attached hydrogen (secondary N) is 1. The summed E-state index contributed by atoms with van der Waals surface area (Å²) in [5, 5.41) is 7.20. The van der Waals surface area contributed by atoms with Crippen molar-refractivity contribution in [2.75, 3.05) is 12.4 Å². The molecule has 3 nitrogen and oxygen atoms in total. The first-order chi connectivity index (χ1) is 5.22. The smallest absolute Gasteiger partial charge is 0.362 e. The molecule has 0 aliphatic rings. The highest BCUT2D eigenvalue weighted by atomic mass is 32.2. The highest BCUT2D eigenvalue weighted by Crippen LogP contribution is 2.05. The van der Waals surface area contributed by atoms with Gasteiger partial charge in [0.25, 0.3) is 0 Å². The molecule has 0 saturated carbocycles. The second-order valence-corrected chi connectivity index (χ2v) is 3.00. The molecule has 64 valence electrons. The van der Waals surface area contributed by atoms with Gasteiger partial charge in [0.2, 0.25) is 0 Å². The molecular formula is C7H13NO2S. The molecule has 0 atom stereocenters. The van der Waals surface area contributed by atoms with Gasteiger partial charge < -0.3 is 4.74 Å². The summed E-state index contributed by atoms with van der Waals surface area (Å²) in [5.41, 5.74) is 0. The lowest BCUT2D eigenvalue weighted by atomic mass is 10.6. The molecule has 0 unspecified atom stereocenters. The fraction of sp³-hybridized carbons (Fsp3) is 0.714. The summed E-state index contributed by atoms with van der Waals surface area (Å²) >= 11 is 1.23. The van der Waals surface area contributed by atoms with Crippen LogP contribution in [0.1, 0.15) is 20.3 Å². The molecule has 0 saturated heterocycles. The first-order valence-electron chi connectivity index (χ1n) is 3.60. The van der Waals surface area contributed by atoms with E-state index < -0.39 is 5.97 Å². The van der Waals surface area contributed by atoms with E-state index in [1.165, 1.54) is 11.8 Å². The lowest BCUT2D eigenvalue weighted by Crippen LogP contribution is -2.13.